The molecule has 2 aliphatic rings. The predicted octanol–water partition coefficient (Wildman–Crippen LogP) is 1.67. The van der Waals surface area contributed by atoms with Crippen LogP contribution in [-0.2, 0) is 18.2 Å². The second-order valence-corrected chi connectivity index (χ2v) is 7.41. The molecular weight excluding hydrogens is 330 g/mol. The molecule has 1 aliphatic carbocycles. The average molecular weight is 355 g/mol. The number of nitrogens with zero attached hydrogens (tertiary/aromatic N) is 2. The van der Waals surface area contributed by atoms with Crippen molar-refractivity contribution in [1.82, 2.24) is 15.1 Å². The van der Waals surface area contributed by atoms with Gasteiger partial charge in [-0.1, -0.05) is 30.3 Å². The lowest BCUT2D eigenvalue weighted by Crippen LogP contribution is -2.65. The quantitative estimate of drug-likeness (QED) is 0.875. The van der Waals surface area contributed by atoms with Crippen LogP contribution in [-0.4, -0.2) is 46.2 Å². The van der Waals surface area contributed by atoms with Gasteiger partial charge in [-0.2, -0.15) is 5.10 Å². The lowest BCUT2D eigenvalue weighted by atomic mass is 9.58. The van der Waals surface area contributed by atoms with Crippen molar-refractivity contribution in [3.05, 3.63) is 53.3 Å². The number of aliphatic hydroxyl groups is 1. The SMILES string of the molecule is Cn1ncc(C(=O)N[C@@H]2C[C@@H](O)C23CCOCC3)c1Cc1ccccc1. The summed E-state index contributed by atoms with van der Waals surface area (Å²) in [6.45, 7) is 1.30. The number of nitrogens with one attached hydrogen (secondary N) is 1. The van der Waals surface area contributed by atoms with Crippen molar-refractivity contribution in [2.45, 2.75) is 37.8 Å². The zero-order chi connectivity index (χ0) is 18.1. The fourth-order valence-electron chi connectivity index (χ4n) is 4.29. The number of hydrogen-bond acceptors (Lipinski definition) is 4. The lowest BCUT2D eigenvalue weighted by molar-refractivity contribution is -0.145. The molecule has 0 bridgehead atoms. The molecule has 0 unspecified atom stereocenters. The van der Waals surface area contributed by atoms with Gasteiger partial charge in [0, 0.05) is 38.1 Å². The van der Waals surface area contributed by atoms with Gasteiger partial charge in [0.2, 0.25) is 0 Å². The number of ether oxygens (including phenoxy) is 1. The van der Waals surface area contributed by atoms with E-state index in [0.717, 1.165) is 24.1 Å². The van der Waals surface area contributed by atoms with E-state index in [1.54, 1.807) is 10.9 Å². The van der Waals surface area contributed by atoms with E-state index in [0.29, 0.717) is 31.6 Å². The molecule has 0 radical (unpaired) electrons. The van der Waals surface area contributed by atoms with Gasteiger partial charge in [0.05, 0.1) is 23.6 Å². The molecule has 138 valence electrons. The van der Waals surface area contributed by atoms with Crippen LogP contribution in [0.2, 0.25) is 0 Å². The van der Waals surface area contributed by atoms with Gasteiger partial charge in [-0.15, -0.1) is 0 Å². The fourth-order valence-corrected chi connectivity index (χ4v) is 4.29. The Morgan fingerprint density at radius 1 is 1.35 bits per heavy atom. The van der Waals surface area contributed by atoms with E-state index in [9.17, 15) is 9.90 Å². The van der Waals surface area contributed by atoms with E-state index in [1.807, 2.05) is 37.4 Å². The molecule has 1 saturated carbocycles. The number of amides is 1. The molecule has 2 fully saturated rings. The molecule has 2 heterocycles. The summed E-state index contributed by atoms with van der Waals surface area (Å²) in [5.74, 6) is -0.105. The second kappa shape index (κ2) is 6.85. The van der Waals surface area contributed by atoms with E-state index in [1.165, 1.54) is 0 Å². The molecule has 4 rings (SSSR count). The highest BCUT2D eigenvalue weighted by Gasteiger charge is 2.55. The van der Waals surface area contributed by atoms with Crippen LogP contribution in [0.15, 0.2) is 36.5 Å². The number of aliphatic hydroxyl groups excluding tert-OH is 1. The van der Waals surface area contributed by atoms with Crippen molar-refractivity contribution in [2.24, 2.45) is 12.5 Å². The maximum atomic E-state index is 12.9. The normalized spacial score (nSPS) is 24.2. The van der Waals surface area contributed by atoms with E-state index in [2.05, 4.69) is 10.4 Å². The summed E-state index contributed by atoms with van der Waals surface area (Å²) in [4.78, 5) is 12.9. The molecule has 2 aromatic rings. The summed E-state index contributed by atoms with van der Waals surface area (Å²) in [6, 6.07) is 10.1. The molecule has 1 aromatic heterocycles. The number of carbonyl (C=O) groups excluding carboxylic acids is 1. The minimum absolute atomic E-state index is 0.00122. The van der Waals surface area contributed by atoms with E-state index >= 15 is 0 Å². The average Bonchev–Trinajstić information content (AvgIpc) is 3.03. The summed E-state index contributed by atoms with van der Waals surface area (Å²) < 4.78 is 7.20. The van der Waals surface area contributed by atoms with E-state index in [4.69, 9.17) is 4.74 Å². The van der Waals surface area contributed by atoms with Crippen molar-refractivity contribution in [3.63, 3.8) is 0 Å². The summed E-state index contributed by atoms with van der Waals surface area (Å²) in [6.07, 6.45) is 4.15. The van der Waals surface area contributed by atoms with Crippen molar-refractivity contribution in [3.8, 4) is 0 Å². The molecular formula is C20H25N3O3. The maximum absolute atomic E-state index is 12.9. The number of benzene rings is 1. The fraction of sp³-hybridized carbons (Fsp3) is 0.500. The highest BCUT2D eigenvalue weighted by molar-refractivity contribution is 5.95. The van der Waals surface area contributed by atoms with Crippen LogP contribution in [0.3, 0.4) is 0 Å². The smallest absolute Gasteiger partial charge is 0.255 e. The Morgan fingerprint density at radius 3 is 2.77 bits per heavy atom. The van der Waals surface area contributed by atoms with Gasteiger partial charge in [0.15, 0.2) is 0 Å². The number of hydrogen-bond donors (Lipinski definition) is 2. The van der Waals surface area contributed by atoms with Crippen molar-refractivity contribution < 1.29 is 14.6 Å². The first-order valence-corrected chi connectivity index (χ1v) is 9.21. The Labute approximate surface area is 153 Å². The first-order chi connectivity index (χ1) is 12.6. The lowest BCUT2D eigenvalue weighted by Gasteiger charge is -2.55. The zero-order valence-corrected chi connectivity index (χ0v) is 15.0. The topological polar surface area (TPSA) is 76.4 Å². The highest BCUT2D eigenvalue weighted by Crippen LogP contribution is 2.49. The van der Waals surface area contributed by atoms with Gasteiger partial charge in [0.1, 0.15) is 0 Å². The van der Waals surface area contributed by atoms with Crippen LogP contribution < -0.4 is 5.32 Å². The van der Waals surface area contributed by atoms with Gasteiger partial charge in [-0.25, -0.2) is 0 Å². The minimum atomic E-state index is -0.352. The Kier molecular flexibility index (Phi) is 4.54. The van der Waals surface area contributed by atoms with Crippen LogP contribution in [0.4, 0.5) is 0 Å². The molecule has 1 amide bonds. The molecule has 6 nitrogen and oxygen atoms in total. The Hall–Kier alpha value is -2.18. The van der Waals surface area contributed by atoms with Crippen LogP contribution in [0.5, 0.6) is 0 Å². The molecule has 26 heavy (non-hydrogen) atoms. The standard InChI is InChI=1S/C20H25N3O3/c1-23-16(11-14-5-3-2-4-6-14)15(13-21-23)19(25)22-17-12-18(24)20(17)7-9-26-10-8-20/h2-6,13,17-18,24H,7-12H2,1H3,(H,22,25)/t17-,18-/m1/s1. The molecule has 1 aromatic carbocycles. The summed E-state index contributed by atoms with van der Waals surface area (Å²) in [7, 11) is 1.86. The van der Waals surface area contributed by atoms with Crippen molar-refractivity contribution in [2.75, 3.05) is 13.2 Å². The number of aromatic nitrogens is 2. The van der Waals surface area contributed by atoms with Crippen LogP contribution in [0.25, 0.3) is 0 Å². The Bertz CT molecular complexity index is 781. The maximum Gasteiger partial charge on any atom is 0.255 e. The van der Waals surface area contributed by atoms with Gasteiger partial charge >= 0.3 is 0 Å². The van der Waals surface area contributed by atoms with E-state index < -0.39 is 0 Å². The third-order valence-electron chi connectivity index (χ3n) is 6.07. The minimum Gasteiger partial charge on any atom is -0.392 e. The van der Waals surface area contributed by atoms with Gasteiger partial charge in [-0.05, 0) is 24.8 Å². The Balaban J connectivity index is 1.51. The first kappa shape index (κ1) is 17.2. The van der Waals surface area contributed by atoms with Crippen molar-refractivity contribution in [1.29, 1.82) is 0 Å². The molecule has 2 N–H and O–H groups in total. The van der Waals surface area contributed by atoms with Gasteiger partial charge < -0.3 is 15.2 Å². The molecule has 1 spiro atoms. The highest BCUT2D eigenvalue weighted by atomic mass is 16.5. The summed E-state index contributed by atoms with van der Waals surface area (Å²) in [5, 5.41) is 17.8. The third kappa shape index (κ3) is 2.93. The second-order valence-electron chi connectivity index (χ2n) is 7.41. The number of carbonyl (C=O) groups is 1. The van der Waals surface area contributed by atoms with Gasteiger partial charge in [0.25, 0.3) is 5.91 Å². The van der Waals surface area contributed by atoms with Crippen LogP contribution in [0, 0.1) is 5.41 Å². The monoisotopic (exact) mass is 355 g/mol. The first-order valence-electron chi connectivity index (χ1n) is 9.21. The molecule has 6 heteroatoms. The number of rotatable bonds is 4. The van der Waals surface area contributed by atoms with E-state index in [-0.39, 0.29) is 23.5 Å². The summed E-state index contributed by atoms with van der Waals surface area (Å²) in [5.41, 5.74) is 2.43. The van der Waals surface area contributed by atoms with Crippen LogP contribution >= 0.6 is 0 Å². The molecule has 1 aliphatic heterocycles. The number of aryl methyl sites for hydroxylation is 1. The van der Waals surface area contributed by atoms with Crippen LogP contribution in [0.1, 0.15) is 40.9 Å². The molecule has 1 saturated heterocycles. The zero-order valence-electron chi connectivity index (χ0n) is 15.0. The predicted molar refractivity (Wildman–Crippen MR) is 96.8 cm³/mol. The largest absolute Gasteiger partial charge is 0.392 e. The van der Waals surface area contributed by atoms with Crippen molar-refractivity contribution >= 4 is 5.91 Å². The molecule has 2 atom stereocenters. The van der Waals surface area contributed by atoms with Gasteiger partial charge in [-0.3, -0.25) is 9.48 Å². The summed E-state index contributed by atoms with van der Waals surface area (Å²) >= 11 is 0. The third-order valence-corrected chi connectivity index (χ3v) is 6.07. The Morgan fingerprint density at radius 2 is 2.08 bits per heavy atom.